The first-order chi connectivity index (χ1) is 9.97. The molecule has 2 rings (SSSR count). The van der Waals surface area contributed by atoms with Crippen molar-refractivity contribution in [3.8, 4) is 0 Å². The number of hydrazine groups is 1. The van der Waals surface area contributed by atoms with E-state index in [4.69, 9.17) is 5.84 Å². The zero-order valence-corrected chi connectivity index (χ0v) is 11.0. The van der Waals surface area contributed by atoms with Crippen molar-refractivity contribution in [2.75, 3.05) is 11.4 Å². The number of halogens is 2. The number of unbranched alkanes of at least 4 members (excludes halogenated alkanes) is 1. The van der Waals surface area contributed by atoms with Crippen LogP contribution in [0, 0.1) is 11.6 Å². The zero-order valence-electron chi connectivity index (χ0n) is 11.0. The number of rotatable bonds is 5. The number of fused-ring (bicyclic) bond motifs is 1. The predicted octanol–water partition coefficient (Wildman–Crippen LogP) is 0.654. The molecule has 1 aliphatic rings. The number of hydrogen-bond acceptors (Lipinski definition) is 4. The van der Waals surface area contributed by atoms with Crippen LogP contribution >= 0.6 is 0 Å². The van der Waals surface area contributed by atoms with Crippen LogP contribution in [0.25, 0.3) is 0 Å². The number of nitrogens with zero attached hydrogens (tertiary/aromatic N) is 1. The molecule has 1 heterocycles. The quantitative estimate of drug-likeness (QED) is 0.274. The third kappa shape index (κ3) is 2.75. The number of benzene rings is 1. The van der Waals surface area contributed by atoms with E-state index in [1.807, 2.05) is 5.43 Å². The number of hydrogen-bond donors (Lipinski definition) is 2. The van der Waals surface area contributed by atoms with E-state index >= 15 is 0 Å². The van der Waals surface area contributed by atoms with Gasteiger partial charge in [0.25, 0.3) is 11.7 Å². The maximum absolute atomic E-state index is 13.8. The fraction of sp³-hybridized carbons (Fsp3) is 0.308. The topological polar surface area (TPSA) is 92.5 Å². The molecule has 0 fully saturated rings. The van der Waals surface area contributed by atoms with Gasteiger partial charge in [0.1, 0.15) is 11.6 Å². The summed E-state index contributed by atoms with van der Waals surface area (Å²) in [6.45, 7) is 0.0236. The van der Waals surface area contributed by atoms with E-state index in [0.29, 0.717) is 12.8 Å². The van der Waals surface area contributed by atoms with Crippen molar-refractivity contribution >= 4 is 23.3 Å². The maximum Gasteiger partial charge on any atom is 0.299 e. The van der Waals surface area contributed by atoms with Crippen LogP contribution in [-0.2, 0) is 9.59 Å². The predicted molar refractivity (Wildman–Crippen MR) is 69.2 cm³/mol. The summed E-state index contributed by atoms with van der Waals surface area (Å²) in [7, 11) is 0. The highest BCUT2D eigenvalue weighted by atomic mass is 19.1. The molecule has 0 spiro atoms. The van der Waals surface area contributed by atoms with Gasteiger partial charge in [-0.2, -0.15) is 0 Å². The summed E-state index contributed by atoms with van der Waals surface area (Å²) in [5.74, 6) is 0.787. The Kier molecular flexibility index (Phi) is 4.27. The molecule has 0 bridgehead atoms. The first-order valence-corrected chi connectivity index (χ1v) is 6.31. The summed E-state index contributed by atoms with van der Waals surface area (Å²) < 4.78 is 27.3. The molecule has 1 aromatic rings. The Balaban J connectivity index is 2.12. The molecular weight excluding hydrogens is 284 g/mol. The summed E-state index contributed by atoms with van der Waals surface area (Å²) in [6.07, 6.45) is 0.889. The molecule has 112 valence electrons. The molecule has 0 saturated heterocycles. The molecule has 2 amide bonds. The highest BCUT2D eigenvalue weighted by Gasteiger charge is 2.40. The number of nitrogens with two attached hydrogens (primary N) is 1. The minimum Gasteiger partial charge on any atom is -0.302 e. The van der Waals surface area contributed by atoms with Crippen molar-refractivity contribution in [3.05, 3.63) is 29.3 Å². The standard InChI is InChI=1S/C13H13F2N3O3/c14-7-4-5-8(15)11-10(7)12(20)13(21)18(11)6-2-1-3-9(19)17-16/h4-5H,1-3,6,16H2,(H,17,19). The Labute approximate surface area is 118 Å². The monoisotopic (exact) mass is 297 g/mol. The van der Waals surface area contributed by atoms with Crippen LogP contribution in [0.2, 0.25) is 0 Å². The van der Waals surface area contributed by atoms with Crippen LogP contribution in [0.5, 0.6) is 0 Å². The second-order valence-electron chi connectivity index (χ2n) is 4.56. The van der Waals surface area contributed by atoms with Crippen molar-refractivity contribution in [2.45, 2.75) is 19.3 Å². The Morgan fingerprint density at radius 3 is 2.52 bits per heavy atom. The lowest BCUT2D eigenvalue weighted by molar-refractivity contribution is -0.121. The lowest BCUT2D eigenvalue weighted by Gasteiger charge is -2.16. The first-order valence-electron chi connectivity index (χ1n) is 6.31. The normalized spacial score (nSPS) is 13.6. The van der Waals surface area contributed by atoms with Crippen LogP contribution < -0.4 is 16.2 Å². The van der Waals surface area contributed by atoms with Gasteiger partial charge in [-0.3, -0.25) is 19.8 Å². The summed E-state index contributed by atoms with van der Waals surface area (Å²) in [4.78, 5) is 35.3. The maximum atomic E-state index is 13.8. The van der Waals surface area contributed by atoms with Gasteiger partial charge in [0.15, 0.2) is 0 Å². The van der Waals surface area contributed by atoms with E-state index in [0.717, 1.165) is 17.0 Å². The van der Waals surface area contributed by atoms with E-state index in [1.165, 1.54) is 0 Å². The average molecular weight is 297 g/mol. The minimum atomic E-state index is -1.05. The van der Waals surface area contributed by atoms with Crippen LogP contribution in [0.1, 0.15) is 29.6 Å². The van der Waals surface area contributed by atoms with Gasteiger partial charge in [-0.1, -0.05) is 0 Å². The Bertz CT molecular complexity index is 619. The number of carbonyl (C=O) groups is 3. The molecule has 0 atom stereocenters. The van der Waals surface area contributed by atoms with Gasteiger partial charge < -0.3 is 4.90 Å². The molecule has 0 radical (unpaired) electrons. The Morgan fingerprint density at radius 2 is 1.86 bits per heavy atom. The van der Waals surface area contributed by atoms with E-state index in [-0.39, 0.29) is 24.6 Å². The molecule has 0 aromatic heterocycles. The number of carbonyl (C=O) groups excluding carboxylic acids is 3. The summed E-state index contributed by atoms with van der Waals surface area (Å²) in [5.41, 5.74) is 1.10. The summed E-state index contributed by atoms with van der Waals surface area (Å²) in [6, 6.07) is 1.68. The third-order valence-electron chi connectivity index (χ3n) is 3.21. The van der Waals surface area contributed by atoms with Gasteiger partial charge in [-0.25, -0.2) is 14.6 Å². The molecule has 1 aliphatic heterocycles. The number of Topliss-reactive ketones (excluding diaryl/α,β-unsaturated/α-hetero) is 1. The number of anilines is 1. The second-order valence-corrected chi connectivity index (χ2v) is 4.56. The van der Waals surface area contributed by atoms with Gasteiger partial charge in [0.2, 0.25) is 5.91 Å². The van der Waals surface area contributed by atoms with E-state index < -0.39 is 28.9 Å². The molecule has 0 saturated carbocycles. The van der Waals surface area contributed by atoms with Crippen molar-refractivity contribution in [3.63, 3.8) is 0 Å². The molecular formula is C13H13F2N3O3. The molecule has 21 heavy (non-hydrogen) atoms. The Hall–Kier alpha value is -2.35. The highest BCUT2D eigenvalue weighted by molar-refractivity contribution is 6.52. The molecule has 3 N–H and O–H groups in total. The minimum absolute atomic E-state index is 0.0236. The summed E-state index contributed by atoms with van der Waals surface area (Å²) in [5, 5.41) is 0. The van der Waals surface area contributed by atoms with E-state index in [1.54, 1.807) is 0 Å². The SMILES string of the molecule is NNC(=O)CCCCN1C(=O)C(=O)c2c(F)ccc(F)c21. The van der Waals surface area contributed by atoms with Crippen LogP contribution in [-0.4, -0.2) is 24.1 Å². The summed E-state index contributed by atoms with van der Waals surface area (Å²) >= 11 is 0. The number of nitrogens with one attached hydrogen (secondary N) is 1. The first kappa shape index (κ1) is 15.0. The molecule has 8 heteroatoms. The highest BCUT2D eigenvalue weighted by Crippen LogP contribution is 2.33. The van der Waals surface area contributed by atoms with Crippen LogP contribution in [0.3, 0.4) is 0 Å². The molecule has 0 unspecified atom stereocenters. The number of amides is 2. The largest absolute Gasteiger partial charge is 0.302 e. The molecule has 6 nitrogen and oxygen atoms in total. The fourth-order valence-electron chi connectivity index (χ4n) is 2.19. The van der Waals surface area contributed by atoms with Crippen LogP contribution in [0.4, 0.5) is 14.5 Å². The Morgan fingerprint density at radius 1 is 1.19 bits per heavy atom. The van der Waals surface area contributed by atoms with Gasteiger partial charge in [0.05, 0.1) is 11.3 Å². The van der Waals surface area contributed by atoms with Gasteiger partial charge in [-0.15, -0.1) is 0 Å². The van der Waals surface area contributed by atoms with Gasteiger partial charge in [-0.05, 0) is 25.0 Å². The van der Waals surface area contributed by atoms with E-state index in [9.17, 15) is 23.2 Å². The average Bonchev–Trinajstić information content (AvgIpc) is 2.73. The fourth-order valence-corrected chi connectivity index (χ4v) is 2.19. The van der Waals surface area contributed by atoms with Crippen molar-refractivity contribution in [1.29, 1.82) is 0 Å². The number of ketones is 1. The molecule has 1 aromatic carbocycles. The van der Waals surface area contributed by atoms with Gasteiger partial charge in [0, 0.05) is 13.0 Å². The van der Waals surface area contributed by atoms with Crippen LogP contribution in [0.15, 0.2) is 12.1 Å². The molecule has 0 aliphatic carbocycles. The smallest absolute Gasteiger partial charge is 0.299 e. The van der Waals surface area contributed by atoms with E-state index in [2.05, 4.69) is 0 Å². The lowest BCUT2D eigenvalue weighted by Crippen LogP contribution is -2.32. The lowest BCUT2D eigenvalue weighted by atomic mass is 10.1. The van der Waals surface area contributed by atoms with Gasteiger partial charge >= 0.3 is 0 Å². The van der Waals surface area contributed by atoms with Crippen molar-refractivity contribution in [2.24, 2.45) is 5.84 Å². The second kappa shape index (κ2) is 5.96. The van der Waals surface area contributed by atoms with Crippen molar-refractivity contribution < 1.29 is 23.2 Å². The third-order valence-corrected chi connectivity index (χ3v) is 3.21. The van der Waals surface area contributed by atoms with Crippen molar-refractivity contribution in [1.82, 2.24) is 5.43 Å². The zero-order chi connectivity index (χ0) is 15.6.